The number of ether oxygens (including phenoxy) is 2. The molecule has 2 N–H and O–H groups in total. The zero-order valence-corrected chi connectivity index (χ0v) is 14.1. The van der Waals surface area contributed by atoms with E-state index in [4.69, 9.17) is 27.4 Å². The average Bonchev–Trinajstić information content (AvgIpc) is 2.44. The SMILES string of the molecule is COCCN(CCC(N)=S)Cc1ncc(C)c(OC)c1C. The molecule has 6 heteroatoms. The molecule has 5 nitrogen and oxygen atoms in total. The van der Waals surface area contributed by atoms with Crippen LogP contribution in [0.1, 0.15) is 23.2 Å². The molecule has 0 saturated carbocycles. The maximum Gasteiger partial charge on any atom is 0.128 e. The van der Waals surface area contributed by atoms with E-state index >= 15 is 0 Å². The molecule has 118 valence electrons. The smallest absolute Gasteiger partial charge is 0.128 e. The molecule has 1 aromatic heterocycles. The number of rotatable bonds is 9. The molecule has 0 bridgehead atoms. The predicted molar refractivity (Wildman–Crippen MR) is 88.8 cm³/mol. The molecular weight excluding hydrogens is 286 g/mol. The topological polar surface area (TPSA) is 60.6 Å². The monoisotopic (exact) mass is 311 g/mol. The maximum absolute atomic E-state index is 5.60. The summed E-state index contributed by atoms with van der Waals surface area (Å²) in [4.78, 5) is 7.31. The van der Waals surface area contributed by atoms with Crippen molar-refractivity contribution in [2.24, 2.45) is 5.73 Å². The van der Waals surface area contributed by atoms with Gasteiger partial charge >= 0.3 is 0 Å². The molecule has 1 rings (SSSR count). The lowest BCUT2D eigenvalue weighted by atomic mass is 10.1. The number of hydrogen-bond acceptors (Lipinski definition) is 5. The third-order valence-corrected chi connectivity index (χ3v) is 3.61. The summed E-state index contributed by atoms with van der Waals surface area (Å²) in [5.74, 6) is 0.904. The Morgan fingerprint density at radius 3 is 2.62 bits per heavy atom. The van der Waals surface area contributed by atoms with Crippen molar-refractivity contribution >= 4 is 17.2 Å². The molecule has 1 heterocycles. The third-order valence-electron chi connectivity index (χ3n) is 3.41. The van der Waals surface area contributed by atoms with Gasteiger partial charge in [0, 0.05) is 50.5 Å². The molecule has 0 saturated heterocycles. The average molecular weight is 311 g/mol. The summed E-state index contributed by atoms with van der Waals surface area (Å²) < 4.78 is 10.6. The molecule has 0 radical (unpaired) electrons. The fourth-order valence-electron chi connectivity index (χ4n) is 2.20. The van der Waals surface area contributed by atoms with Crippen LogP contribution in [0.3, 0.4) is 0 Å². The normalized spacial score (nSPS) is 10.9. The van der Waals surface area contributed by atoms with Crippen LogP contribution in [0, 0.1) is 13.8 Å². The minimum absolute atomic E-state index is 0.531. The molecule has 0 aromatic carbocycles. The summed E-state index contributed by atoms with van der Waals surface area (Å²) in [6.07, 6.45) is 2.55. The van der Waals surface area contributed by atoms with E-state index in [1.165, 1.54) is 0 Å². The van der Waals surface area contributed by atoms with Crippen molar-refractivity contribution in [1.29, 1.82) is 0 Å². The van der Waals surface area contributed by atoms with Gasteiger partial charge in [-0.2, -0.15) is 0 Å². The van der Waals surface area contributed by atoms with Crippen LogP contribution in [-0.2, 0) is 11.3 Å². The quantitative estimate of drug-likeness (QED) is 0.702. The van der Waals surface area contributed by atoms with Crippen LogP contribution in [0.2, 0.25) is 0 Å². The molecule has 0 aliphatic carbocycles. The van der Waals surface area contributed by atoms with Gasteiger partial charge in [-0.1, -0.05) is 12.2 Å². The molecule has 0 spiro atoms. The van der Waals surface area contributed by atoms with Crippen LogP contribution in [-0.4, -0.2) is 48.8 Å². The Morgan fingerprint density at radius 2 is 2.05 bits per heavy atom. The van der Waals surface area contributed by atoms with Crippen LogP contribution in [0.5, 0.6) is 5.75 Å². The second kappa shape index (κ2) is 8.92. The van der Waals surface area contributed by atoms with E-state index in [2.05, 4.69) is 9.88 Å². The molecular formula is C15H25N3O2S. The van der Waals surface area contributed by atoms with Crippen molar-refractivity contribution in [3.8, 4) is 5.75 Å². The van der Waals surface area contributed by atoms with E-state index in [1.807, 2.05) is 20.0 Å². The summed E-state index contributed by atoms with van der Waals surface area (Å²) in [6, 6.07) is 0. The first kappa shape index (κ1) is 17.8. The van der Waals surface area contributed by atoms with E-state index in [1.54, 1.807) is 14.2 Å². The van der Waals surface area contributed by atoms with Gasteiger partial charge < -0.3 is 15.2 Å². The number of methoxy groups -OCH3 is 2. The van der Waals surface area contributed by atoms with Crippen molar-refractivity contribution in [3.05, 3.63) is 23.0 Å². The zero-order valence-electron chi connectivity index (χ0n) is 13.3. The summed E-state index contributed by atoms with van der Waals surface area (Å²) in [5.41, 5.74) is 8.73. The highest BCUT2D eigenvalue weighted by Crippen LogP contribution is 2.24. The third kappa shape index (κ3) is 5.57. The van der Waals surface area contributed by atoms with Gasteiger partial charge in [-0.15, -0.1) is 0 Å². The van der Waals surface area contributed by atoms with Gasteiger partial charge in [0.25, 0.3) is 0 Å². The first-order valence-electron chi connectivity index (χ1n) is 6.98. The Hall–Kier alpha value is -1.24. The first-order chi connectivity index (χ1) is 9.99. The van der Waals surface area contributed by atoms with Crippen LogP contribution in [0.4, 0.5) is 0 Å². The standard InChI is InChI=1S/C15H25N3O2S/c1-11-9-17-13(12(2)15(11)20-4)10-18(7-8-19-3)6-5-14(16)21/h9H,5-8,10H2,1-4H3,(H2,16,21). The number of aryl methyl sites for hydroxylation is 1. The Kier molecular flexibility index (Phi) is 7.56. The van der Waals surface area contributed by atoms with E-state index in [9.17, 15) is 0 Å². The highest BCUT2D eigenvalue weighted by atomic mass is 32.1. The molecule has 0 atom stereocenters. The first-order valence-corrected chi connectivity index (χ1v) is 7.39. The van der Waals surface area contributed by atoms with Gasteiger partial charge in [-0.3, -0.25) is 9.88 Å². The maximum atomic E-state index is 5.60. The van der Waals surface area contributed by atoms with Crippen LogP contribution < -0.4 is 10.5 Å². The fourth-order valence-corrected chi connectivity index (χ4v) is 2.29. The summed E-state index contributed by atoms with van der Waals surface area (Å²) >= 11 is 4.96. The van der Waals surface area contributed by atoms with Crippen LogP contribution in [0.25, 0.3) is 0 Å². The van der Waals surface area contributed by atoms with Gasteiger partial charge in [0.2, 0.25) is 0 Å². The van der Waals surface area contributed by atoms with Crippen LogP contribution >= 0.6 is 12.2 Å². The van der Waals surface area contributed by atoms with Gasteiger partial charge in [0.05, 0.1) is 24.4 Å². The number of aromatic nitrogens is 1. The molecule has 0 aliphatic rings. The van der Waals surface area contributed by atoms with Gasteiger partial charge in [-0.25, -0.2) is 0 Å². The second-order valence-electron chi connectivity index (χ2n) is 5.03. The lowest BCUT2D eigenvalue weighted by Crippen LogP contribution is -2.31. The fraction of sp³-hybridized carbons (Fsp3) is 0.600. The van der Waals surface area contributed by atoms with E-state index in [-0.39, 0.29) is 0 Å². The Balaban J connectivity index is 2.84. The lowest BCUT2D eigenvalue weighted by molar-refractivity contribution is 0.145. The van der Waals surface area contributed by atoms with Crippen LogP contribution in [0.15, 0.2) is 6.20 Å². The minimum atomic E-state index is 0.531. The number of nitrogens with two attached hydrogens (primary N) is 1. The number of nitrogens with zero attached hydrogens (tertiary/aromatic N) is 2. The van der Waals surface area contributed by atoms with Crippen molar-refractivity contribution in [3.63, 3.8) is 0 Å². The Morgan fingerprint density at radius 1 is 1.33 bits per heavy atom. The van der Waals surface area contributed by atoms with Crippen molar-refractivity contribution < 1.29 is 9.47 Å². The molecule has 0 amide bonds. The van der Waals surface area contributed by atoms with E-state index in [0.29, 0.717) is 18.0 Å². The summed E-state index contributed by atoms with van der Waals surface area (Å²) in [5, 5.41) is 0. The molecule has 0 fully saturated rings. The summed E-state index contributed by atoms with van der Waals surface area (Å²) in [6.45, 7) is 7.05. The largest absolute Gasteiger partial charge is 0.496 e. The highest BCUT2D eigenvalue weighted by molar-refractivity contribution is 7.80. The molecule has 0 unspecified atom stereocenters. The zero-order chi connectivity index (χ0) is 15.8. The number of pyridine rings is 1. The van der Waals surface area contributed by atoms with Crippen molar-refractivity contribution in [2.45, 2.75) is 26.8 Å². The molecule has 0 aliphatic heterocycles. The number of hydrogen-bond donors (Lipinski definition) is 1. The van der Waals surface area contributed by atoms with Gasteiger partial charge in [0.15, 0.2) is 0 Å². The summed E-state index contributed by atoms with van der Waals surface area (Å²) in [7, 11) is 3.39. The highest BCUT2D eigenvalue weighted by Gasteiger charge is 2.13. The predicted octanol–water partition coefficient (Wildman–Crippen LogP) is 1.83. The second-order valence-corrected chi connectivity index (χ2v) is 5.56. The molecule has 1 aromatic rings. The van der Waals surface area contributed by atoms with Crippen molar-refractivity contribution in [1.82, 2.24) is 9.88 Å². The minimum Gasteiger partial charge on any atom is -0.496 e. The van der Waals surface area contributed by atoms with Crippen molar-refractivity contribution in [2.75, 3.05) is 33.9 Å². The Bertz CT molecular complexity index is 480. The van der Waals surface area contributed by atoms with Gasteiger partial charge in [0.1, 0.15) is 5.75 Å². The number of thiocarbonyl (C=S) groups is 1. The van der Waals surface area contributed by atoms with E-state index in [0.717, 1.165) is 42.2 Å². The Labute approximate surface area is 132 Å². The van der Waals surface area contributed by atoms with E-state index < -0.39 is 0 Å². The lowest BCUT2D eigenvalue weighted by Gasteiger charge is -2.23. The molecule has 21 heavy (non-hydrogen) atoms. The van der Waals surface area contributed by atoms with Gasteiger partial charge in [-0.05, 0) is 13.8 Å².